The lowest BCUT2D eigenvalue weighted by molar-refractivity contribution is -0.114. The summed E-state index contributed by atoms with van der Waals surface area (Å²) in [6.45, 7) is 2.56. The Morgan fingerprint density at radius 1 is 0.933 bits per heavy atom. The summed E-state index contributed by atoms with van der Waals surface area (Å²) in [7, 11) is -6.82. The molecule has 0 spiro atoms. The Balaban J connectivity index is 1.60. The average molecular weight is 452 g/mol. The second-order valence-electron chi connectivity index (χ2n) is 6.97. The van der Waals surface area contributed by atoms with Crippen LogP contribution in [0.3, 0.4) is 0 Å². The fraction of sp³-hybridized carbons (Fsp3) is 0.350. The van der Waals surface area contributed by atoms with Crippen LogP contribution in [0.15, 0.2) is 58.3 Å². The molecule has 1 heterocycles. The second kappa shape index (κ2) is 9.15. The van der Waals surface area contributed by atoms with Gasteiger partial charge in [0.15, 0.2) is 9.84 Å². The Morgan fingerprint density at radius 2 is 1.60 bits per heavy atom. The van der Waals surface area contributed by atoms with Crippen LogP contribution in [0.25, 0.3) is 0 Å². The van der Waals surface area contributed by atoms with Gasteiger partial charge in [-0.05, 0) is 55.3 Å². The number of rotatable bonds is 8. The lowest BCUT2D eigenvalue weighted by Gasteiger charge is -2.16. The van der Waals surface area contributed by atoms with Crippen LogP contribution >= 0.6 is 0 Å². The van der Waals surface area contributed by atoms with E-state index in [0.717, 1.165) is 12.8 Å². The maximum absolute atomic E-state index is 12.7. The molecule has 0 unspecified atom stereocenters. The first-order valence-electron chi connectivity index (χ1n) is 9.69. The van der Waals surface area contributed by atoms with Gasteiger partial charge in [-0.3, -0.25) is 4.79 Å². The first-order chi connectivity index (χ1) is 14.2. The van der Waals surface area contributed by atoms with Gasteiger partial charge in [0.1, 0.15) is 0 Å². The van der Waals surface area contributed by atoms with Gasteiger partial charge < -0.3 is 10.6 Å². The Hall–Kier alpha value is -2.43. The number of carbonyl (C=O) groups excluding carboxylic acids is 1. The predicted octanol–water partition coefficient (Wildman–Crippen LogP) is 2.32. The van der Waals surface area contributed by atoms with Crippen LogP contribution in [0.4, 0.5) is 11.4 Å². The van der Waals surface area contributed by atoms with Crippen molar-refractivity contribution in [1.29, 1.82) is 0 Å². The number of amides is 1. The number of nitrogens with zero attached hydrogens (tertiary/aromatic N) is 1. The lowest BCUT2D eigenvalue weighted by Crippen LogP contribution is -2.28. The summed E-state index contributed by atoms with van der Waals surface area (Å²) in [6.07, 6.45) is 1.71. The molecule has 30 heavy (non-hydrogen) atoms. The third-order valence-electron chi connectivity index (χ3n) is 4.87. The van der Waals surface area contributed by atoms with Gasteiger partial charge in [-0.15, -0.1) is 0 Å². The molecule has 0 aliphatic carbocycles. The van der Waals surface area contributed by atoms with E-state index in [1.165, 1.54) is 28.6 Å². The van der Waals surface area contributed by atoms with Gasteiger partial charge in [0.2, 0.25) is 15.9 Å². The monoisotopic (exact) mass is 451 g/mol. The van der Waals surface area contributed by atoms with Crippen LogP contribution < -0.4 is 10.6 Å². The zero-order valence-electron chi connectivity index (χ0n) is 16.7. The van der Waals surface area contributed by atoms with Crippen molar-refractivity contribution in [2.45, 2.75) is 29.6 Å². The molecule has 2 N–H and O–H groups in total. The first-order valence-corrected chi connectivity index (χ1v) is 12.8. The molecular weight excluding hydrogens is 426 g/mol. The van der Waals surface area contributed by atoms with Crippen molar-refractivity contribution in [3.8, 4) is 0 Å². The highest BCUT2D eigenvalue weighted by Crippen LogP contribution is 2.23. The second-order valence-corrected chi connectivity index (χ2v) is 11.2. The van der Waals surface area contributed by atoms with Gasteiger partial charge in [0, 0.05) is 24.5 Å². The van der Waals surface area contributed by atoms with E-state index in [2.05, 4.69) is 10.6 Å². The molecule has 2 aromatic carbocycles. The number of anilines is 2. The van der Waals surface area contributed by atoms with Crippen molar-refractivity contribution in [2.75, 3.05) is 36.0 Å². The molecule has 1 saturated heterocycles. The van der Waals surface area contributed by atoms with Crippen molar-refractivity contribution >= 4 is 37.1 Å². The van der Waals surface area contributed by atoms with E-state index in [1.807, 2.05) is 0 Å². The Kier molecular flexibility index (Phi) is 6.79. The molecule has 10 heteroatoms. The third-order valence-corrected chi connectivity index (χ3v) is 8.51. The molecule has 0 saturated carbocycles. The summed E-state index contributed by atoms with van der Waals surface area (Å²) in [6, 6.07) is 12.4. The van der Waals surface area contributed by atoms with Gasteiger partial charge in [-0.1, -0.05) is 13.0 Å². The summed E-state index contributed by atoms with van der Waals surface area (Å²) >= 11 is 0. The largest absolute Gasteiger partial charge is 0.376 e. The molecule has 1 aliphatic heterocycles. The molecule has 0 aromatic heterocycles. The fourth-order valence-electron chi connectivity index (χ4n) is 3.15. The Bertz CT molecular complexity index is 1110. The molecule has 0 bridgehead atoms. The van der Waals surface area contributed by atoms with Crippen LogP contribution in [0.1, 0.15) is 19.8 Å². The smallest absolute Gasteiger partial charge is 0.243 e. The predicted molar refractivity (Wildman–Crippen MR) is 116 cm³/mol. The molecule has 1 fully saturated rings. The number of nitrogens with one attached hydrogen (secondary N) is 2. The van der Waals surface area contributed by atoms with Crippen molar-refractivity contribution < 1.29 is 21.6 Å². The highest BCUT2D eigenvalue weighted by Gasteiger charge is 2.27. The maximum Gasteiger partial charge on any atom is 0.243 e. The average Bonchev–Trinajstić information content (AvgIpc) is 3.29. The van der Waals surface area contributed by atoms with E-state index in [-0.39, 0.29) is 28.0 Å². The zero-order chi connectivity index (χ0) is 21.8. The van der Waals surface area contributed by atoms with Crippen LogP contribution in [0, 0.1) is 0 Å². The normalized spacial score (nSPS) is 15.1. The van der Waals surface area contributed by atoms with E-state index in [0.29, 0.717) is 24.5 Å². The summed E-state index contributed by atoms with van der Waals surface area (Å²) in [5.41, 5.74) is 0.997. The van der Waals surface area contributed by atoms with Crippen molar-refractivity contribution in [3.05, 3.63) is 48.5 Å². The number of sulfonamides is 1. The third kappa shape index (κ3) is 5.18. The Morgan fingerprint density at radius 3 is 2.23 bits per heavy atom. The first kappa shape index (κ1) is 22.3. The molecule has 0 atom stereocenters. The number of sulfone groups is 1. The van der Waals surface area contributed by atoms with E-state index >= 15 is 0 Å². The van der Waals surface area contributed by atoms with Gasteiger partial charge in [0.05, 0.1) is 22.1 Å². The van der Waals surface area contributed by atoms with Crippen molar-refractivity contribution in [3.63, 3.8) is 0 Å². The quantitative estimate of drug-likeness (QED) is 0.637. The highest BCUT2D eigenvalue weighted by molar-refractivity contribution is 7.91. The Labute approximate surface area is 177 Å². The topological polar surface area (TPSA) is 113 Å². The minimum absolute atomic E-state index is 0.0225. The van der Waals surface area contributed by atoms with Crippen LogP contribution in [-0.4, -0.2) is 52.4 Å². The summed E-state index contributed by atoms with van der Waals surface area (Å²) in [5, 5.41) is 5.60. The SMILES string of the molecule is CCS(=O)(=O)c1ccc(NCC(=O)Nc2cccc(S(=O)(=O)N3CCCC3)c2)cc1. The van der Waals surface area contributed by atoms with Crippen LogP contribution in [0.2, 0.25) is 0 Å². The van der Waals surface area contributed by atoms with Gasteiger partial charge in [0.25, 0.3) is 0 Å². The maximum atomic E-state index is 12.7. The number of hydrogen-bond acceptors (Lipinski definition) is 6. The molecule has 1 amide bonds. The molecule has 3 rings (SSSR count). The highest BCUT2D eigenvalue weighted by atomic mass is 32.2. The van der Waals surface area contributed by atoms with Gasteiger partial charge in [-0.25, -0.2) is 16.8 Å². The van der Waals surface area contributed by atoms with E-state index in [9.17, 15) is 21.6 Å². The van der Waals surface area contributed by atoms with E-state index < -0.39 is 19.9 Å². The molecule has 162 valence electrons. The fourth-order valence-corrected chi connectivity index (χ4v) is 5.59. The molecule has 2 aromatic rings. The van der Waals surface area contributed by atoms with Gasteiger partial charge in [-0.2, -0.15) is 4.31 Å². The van der Waals surface area contributed by atoms with Crippen LogP contribution in [-0.2, 0) is 24.7 Å². The van der Waals surface area contributed by atoms with Crippen LogP contribution in [0.5, 0.6) is 0 Å². The number of hydrogen-bond donors (Lipinski definition) is 2. The molecule has 0 radical (unpaired) electrons. The number of benzene rings is 2. The van der Waals surface area contributed by atoms with E-state index in [4.69, 9.17) is 0 Å². The minimum Gasteiger partial charge on any atom is -0.376 e. The zero-order valence-corrected chi connectivity index (χ0v) is 18.3. The van der Waals surface area contributed by atoms with Crippen molar-refractivity contribution in [2.24, 2.45) is 0 Å². The summed E-state index contributed by atoms with van der Waals surface area (Å²) in [4.78, 5) is 12.6. The summed E-state index contributed by atoms with van der Waals surface area (Å²) in [5.74, 6) is -0.328. The molecule has 1 aliphatic rings. The standard InChI is InChI=1S/C20H25N3O5S2/c1-2-29(25,26)18-10-8-16(9-11-18)21-15-20(24)22-17-6-5-7-19(14-17)30(27,28)23-12-3-4-13-23/h5-11,14,21H,2-4,12-13,15H2,1H3,(H,22,24). The molecule has 8 nitrogen and oxygen atoms in total. The van der Waals surface area contributed by atoms with Gasteiger partial charge >= 0.3 is 0 Å². The van der Waals surface area contributed by atoms with Crippen molar-refractivity contribution in [1.82, 2.24) is 4.31 Å². The lowest BCUT2D eigenvalue weighted by atomic mass is 10.3. The number of carbonyl (C=O) groups is 1. The molecular formula is C20H25N3O5S2. The van der Waals surface area contributed by atoms with E-state index in [1.54, 1.807) is 31.2 Å². The summed E-state index contributed by atoms with van der Waals surface area (Å²) < 4.78 is 50.4. The minimum atomic E-state index is -3.55.